The molecule has 0 spiro atoms. The lowest BCUT2D eigenvalue weighted by Gasteiger charge is -1.98. The minimum absolute atomic E-state index is 0.310. The third-order valence-electron chi connectivity index (χ3n) is 1.83. The zero-order chi connectivity index (χ0) is 9.42. The van der Waals surface area contributed by atoms with Gasteiger partial charge in [0.15, 0.2) is 0 Å². The van der Waals surface area contributed by atoms with Gasteiger partial charge in [0.25, 0.3) is 0 Å². The van der Waals surface area contributed by atoms with Crippen LogP contribution in [0.4, 0.5) is 4.39 Å². The molecule has 2 nitrogen and oxygen atoms in total. The van der Waals surface area contributed by atoms with Gasteiger partial charge in [-0.1, -0.05) is 0 Å². The van der Waals surface area contributed by atoms with Gasteiger partial charge in [-0.25, -0.2) is 4.39 Å². The van der Waals surface area contributed by atoms with Crippen molar-refractivity contribution >= 4 is 27.3 Å². The van der Waals surface area contributed by atoms with E-state index in [1.54, 1.807) is 11.4 Å². The van der Waals surface area contributed by atoms with Crippen molar-refractivity contribution in [2.24, 2.45) is 5.73 Å². The smallest absolute Gasteiger partial charge is 0.249 e. The molecular formula is C9H6FNOS. The Labute approximate surface area is 77.8 Å². The van der Waals surface area contributed by atoms with E-state index in [-0.39, 0.29) is 5.82 Å². The maximum atomic E-state index is 13.1. The van der Waals surface area contributed by atoms with E-state index in [4.69, 9.17) is 5.73 Å². The number of amides is 1. The number of rotatable bonds is 1. The molecule has 0 aliphatic heterocycles. The Kier molecular flexibility index (Phi) is 1.77. The summed E-state index contributed by atoms with van der Waals surface area (Å²) in [6.07, 6.45) is 0. The zero-order valence-electron chi connectivity index (χ0n) is 6.58. The van der Waals surface area contributed by atoms with Gasteiger partial charge in [-0.15, -0.1) is 11.3 Å². The van der Waals surface area contributed by atoms with E-state index in [9.17, 15) is 9.18 Å². The fourth-order valence-electron chi connectivity index (χ4n) is 1.24. The van der Waals surface area contributed by atoms with Crippen molar-refractivity contribution in [3.63, 3.8) is 0 Å². The van der Waals surface area contributed by atoms with Crippen molar-refractivity contribution in [1.82, 2.24) is 0 Å². The lowest BCUT2D eigenvalue weighted by atomic mass is 10.1. The quantitative estimate of drug-likeness (QED) is 0.744. The highest BCUT2D eigenvalue weighted by Crippen LogP contribution is 2.26. The van der Waals surface area contributed by atoms with Crippen LogP contribution >= 0.6 is 11.3 Å². The summed E-state index contributed by atoms with van der Waals surface area (Å²) < 4.78 is 13.6. The van der Waals surface area contributed by atoms with Crippen LogP contribution in [-0.2, 0) is 0 Å². The van der Waals surface area contributed by atoms with Crippen molar-refractivity contribution < 1.29 is 9.18 Å². The van der Waals surface area contributed by atoms with E-state index in [1.807, 2.05) is 0 Å². The molecule has 0 aliphatic rings. The van der Waals surface area contributed by atoms with Crippen LogP contribution in [0.3, 0.4) is 0 Å². The van der Waals surface area contributed by atoms with Gasteiger partial charge in [-0.05, 0) is 23.6 Å². The second kappa shape index (κ2) is 2.81. The minimum atomic E-state index is -0.525. The molecule has 2 rings (SSSR count). The number of benzene rings is 1. The van der Waals surface area contributed by atoms with Gasteiger partial charge in [-0.2, -0.15) is 0 Å². The Morgan fingerprint density at radius 2 is 2.15 bits per heavy atom. The standard InChI is InChI=1S/C9H6FNOS/c10-7-2-1-6(9(11)12)5-3-4-13-8(5)7/h1-4H,(H2,11,12). The molecule has 0 radical (unpaired) electrons. The highest BCUT2D eigenvalue weighted by molar-refractivity contribution is 7.17. The van der Waals surface area contributed by atoms with E-state index < -0.39 is 5.91 Å². The number of halogens is 1. The van der Waals surface area contributed by atoms with Crippen LogP contribution in [0.15, 0.2) is 23.6 Å². The number of fused-ring (bicyclic) bond motifs is 1. The van der Waals surface area contributed by atoms with E-state index >= 15 is 0 Å². The average Bonchev–Trinajstić information content (AvgIpc) is 2.53. The van der Waals surface area contributed by atoms with Crippen LogP contribution in [0.25, 0.3) is 10.1 Å². The van der Waals surface area contributed by atoms with E-state index in [1.165, 1.54) is 23.5 Å². The number of hydrogen-bond acceptors (Lipinski definition) is 2. The molecule has 0 bridgehead atoms. The van der Waals surface area contributed by atoms with E-state index in [0.29, 0.717) is 15.6 Å². The largest absolute Gasteiger partial charge is 0.366 e. The van der Waals surface area contributed by atoms with E-state index in [2.05, 4.69) is 0 Å². The number of nitrogens with two attached hydrogens (primary N) is 1. The first-order valence-electron chi connectivity index (χ1n) is 3.65. The predicted molar refractivity (Wildman–Crippen MR) is 50.3 cm³/mol. The predicted octanol–water partition coefficient (Wildman–Crippen LogP) is 2.14. The molecule has 0 fully saturated rings. The molecule has 13 heavy (non-hydrogen) atoms. The molecule has 1 amide bonds. The van der Waals surface area contributed by atoms with Crippen LogP contribution < -0.4 is 5.73 Å². The Bertz CT molecular complexity index is 477. The zero-order valence-corrected chi connectivity index (χ0v) is 7.40. The monoisotopic (exact) mass is 195 g/mol. The van der Waals surface area contributed by atoms with Crippen molar-refractivity contribution in [3.8, 4) is 0 Å². The molecule has 4 heteroatoms. The Balaban J connectivity index is 2.86. The van der Waals surface area contributed by atoms with Crippen molar-refractivity contribution in [1.29, 1.82) is 0 Å². The summed E-state index contributed by atoms with van der Waals surface area (Å²) >= 11 is 1.26. The number of hydrogen-bond donors (Lipinski definition) is 1. The van der Waals surface area contributed by atoms with Gasteiger partial charge in [0.2, 0.25) is 5.91 Å². The van der Waals surface area contributed by atoms with Crippen LogP contribution in [0.2, 0.25) is 0 Å². The normalized spacial score (nSPS) is 10.5. The summed E-state index contributed by atoms with van der Waals surface area (Å²) in [6.45, 7) is 0. The van der Waals surface area contributed by atoms with Crippen LogP contribution in [0.1, 0.15) is 10.4 Å². The fourth-order valence-corrected chi connectivity index (χ4v) is 2.07. The molecule has 0 unspecified atom stereocenters. The van der Waals surface area contributed by atoms with Gasteiger partial charge < -0.3 is 5.73 Å². The summed E-state index contributed by atoms with van der Waals surface area (Å²) in [5, 5.41) is 2.33. The first kappa shape index (κ1) is 8.19. The number of carbonyl (C=O) groups is 1. The molecule has 1 aromatic carbocycles. The second-order valence-electron chi connectivity index (χ2n) is 2.62. The number of thiophene rings is 1. The lowest BCUT2D eigenvalue weighted by molar-refractivity contribution is 0.100. The first-order valence-corrected chi connectivity index (χ1v) is 4.53. The van der Waals surface area contributed by atoms with Crippen LogP contribution in [0, 0.1) is 5.82 Å². The van der Waals surface area contributed by atoms with Gasteiger partial charge >= 0.3 is 0 Å². The SMILES string of the molecule is NC(=O)c1ccc(F)c2sccc12. The molecule has 1 aromatic heterocycles. The Morgan fingerprint density at radius 3 is 2.85 bits per heavy atom. The Morgan fingerprint density at radius 1 is 1.38 bits per heavy atom. The third kappa shape index (κ3) is 1.19. The van der Waals surface area contributed by atoms with Crippen molar-refractivity contribution in [3.05, 3.63) is 35.0 Å². The molecular weight excluding hydrogens is 189 g/mol. The molecule has 0 saturated carbocycles. The van der Waals surface area contributed by atoms with Gasteiger partial charge in [-0.3, -0.25) is 4.79 Å². The molecule has 66 valence electrons. The first-order chi connectivity index (χ1) is 6.20. The fraction of sp³-hybridized carbons (Fsp3) is 0. The van der Waals surface area contributed by atoms with E-state index in [0.717, 1.165) is 0 Å². The van der Waals surface area contributed by atoms with Gasteiger partial charge in [0.05, 0.1) is 4.70 Å². The Hall–Kier alpha value is -1.42. The summed E-state index contributed by atoms with van der Waals surface area (Å²) in [5.41, 5.74) is 5.51. The summed E-state index contributed by atoms with van der Waals surface area (Å²) in [5.74, 6) is -0.835. The number of primary amides is 1. The third-order valence-corrected chi connectivity index (χ3v) is 2.76. The summed E-state index contributed by atoms with van der Waals surface area (Å²) in [4.78, 5) is 10.9. The average molecular weight is 195 g/mol. The molecule has 0 saturated heterocycles. The maximum absolute atomic E-state index is 13.1. The van der Waals surface area contributed by atoms with Gasteiger partial charge in [0.1, 0.15) is 5.82 Å². The molecule has 0 atom stereocenters. The van der Waals surface area contributed by atoms with Crippen LogP contribution in [-0.4, -0.2) is 5.91 Å². The molecule has 0 aliphatic carbocycles. The summed E-state index contributed by atoms with van der Waals surface area (Å²) in [6, 6.07) is 4.37. The molecule has 2 aromatic rings. The van der Waals surface area contributed by atoms with Gasteiger partial charge in [0, 0.05) is 10.9 Å². The van der Waals surface area contributed by atoms with Crippen molar-refractivity contribution in [2.45, 2.75) is 0 Å². The topological polar surface area (TPSA) is 43.1 Å². The summed E-state index contributed by atoms with van der Waals surface area (Å²) in [7, 11) is 0. The lowest BCUT2D eigenvalue weighted by Crippen LogP contribution is -2.11. The second-order valence-corrected chi connectivity index (χ2v) is 3.54. The highest BCUT2D eigenvalue weighted by atomic mass is 32.1. The number of carbonyl (C=O) groups excluding carboxylic acids is 1. The van der Waals surface area contributed by atoms with Crippen molar-refractivity contribution in [2.75, 3.05) is 0 Å². The van der Waals surface area contributed by atoms with Crippen LogP contribution in [0.5, 0.6) is 0 Å². The molecule has 2 N–H and O–H groups in total. The minimum Gasteiger partial charge on any atom is -0.366 e. The maximum Gasteiger partial charge on any atom is 0.249 e. The highest BCUT2D eigenvalue weighted by Gasteiger charge is 2.10. The molecule has 1 heterocycles.